The standard InChI is InChI=1S/C27H29N5O4/c1-17-5-6-21(29-25(33)19-11-18(16-28)12-20(13-19)27(2,3)4)14-22(17)23-15-24(36-31-23)26(34)30-32-7-9-35-10-8-32/h5-6,11-15H,7-10H2,1-4H3,(H,29,33)(H,30,34). The highest BCUT2D eigenvalue weighted by Gasteiger charge is 2.21. The maximum atomic E-state index is 13.1. The van der Waals surface area contributed by atoms with E-state index in [-0.39, 0.29) is 23.0 Å². The van der Waals surface area contributed by atoms with Crippen LogP contribution in [0.4, 0.5) is 5.69 Å². The van der Waals surface area contributed by atoms with Gasteiger partial charge in [0.2, 0.25) is 5.76 Å². The molecule has 0 aliphatic carbocycles. The summed E-state index contributed by atoms with van der Waals surface area (Å²) in [6, 6.07) is 14.3. The summed E-state index contributed by atoms with van der Waals surface area (Å²) in [6.45, 7) is 10.3. The van der Waals surface area contributed by atoms with Crippen LogP contribution in [0.15, 0.2) is 47.0 Å². The minimum absolute atomic E-state index is 0.0911. The number of rotatable bonds is 5. The van der Waals surface area contributed by atoms with Crippen LogP contribution in [0.3, 0.4) is 0 Å². The maximum absolute atomic E-state index is 13.1. The van der Waals surface area contributed by atoms with Gasteiger partial charge in [0.05, 0.1) is 24.8 Å². The number of ether oxygens (including phenoxy) is 1. The monoisotopic (exact) mass is 487 g/mol. The van der Waals surface area contributed by atoms with Crippen LogP contribution in [-0.2, 0) is 10.2 Å². The van der Waals surface area contributed by atoms with Gasteiger partial charge in [0.15, 0.2) is 0 Å². The van der Waals surface area contributed by atoms with Crippen molar-refractivity contribution in [2.24, 2.45) is 0 Å². The first-order chi connectivity index (χ1) is 17.1. The van der Waals surface area contributed by atoms with Gasteiger partial charge in [-0.05, 0) is 53.8 Å². The molecule has 1 fully saturated rings. The lowest BCUT2D eigenvalue weighted by molar-refractivity contribution is 0.0116. The average molecular weight is 488 g/mol. The average Bonchev–Trinajstić information content (AvgIpc) is 3.35. The normalized spacial score (nSPS) is 14.2. The predicted octanol–water partition coefficient (Wildman–Crippen LogP) is 4.05. The van der Waals surface area contributed by atoms with Gasteiger partial charge in [-0.3, -0.25) is 15.0 Å². The van der Waals surface area contributed by atoms with Crippen molar-refractivity contribution < 1.29 is 18.8 Å². The maximum Gasteiger partial charge on any atom is 0.304 e. The number of hydrazine groups is 1. The zero-order valence-corrected chi connectivity index (χ0v) is 20.8. The molecular formula is C27H29N5O4. The number of nitrogens with zero attached hydrogens (tertiary/aromatic N) is 3. The molecule has 1 aliphatic rings. The molecule has 0 spiro atoms. The summed E-state index contributed by atoms with van der Waals surface area (Å²) in [4.78, 5) is 25.6. The van der Waals surface area contributed by atoms with Crippen molar-refractivity contribution in [2.75, 3.05) is 31.6 Å². The van der Waals surface area contributed by atoms with E-state index in [4.69, 9.17) is 9.26 Å². The molecule has 1 aromatic heterocycles. The van der Waals surface area contributed by atoms with E-state index in [1.807, 2.05) is 39.8 Å². The second-order valence-corrected chi connectivity index (χ2v) is 9.76. The molecule has 186 valence electrons. The van der Waals surface area contributed by atoms with Gasteiger partial charge in [0, 0.05) is 36.0 Å². The molecule has 0 atom stereocenters. The van der Waals surface area contributed by atoms with Crippen LogP contribution in [0.1, 0.15) is 58.4 Å². The van der Waals surface area contributed by atoms with Crippen molar-refractivity contribution in [3.8, 4) is 17.3 Å². The van der Waals surface area contributed by atoms with Crippen molar-refractivity contribution in [3.63, 3.8) is 0 Å². The first-order valence-electron chi connectivity index (χ1n) is 11.7. The van der Waals surface area contributed by atoms with E-state index in [2.05, 4.69) is 22.0 Å². The Morgan fingerprint density at radius 3 is 2.50 bits per heavy atom. The van der Waals surface area contributed by atoms with Crippen molar-refractivity contribution in [1.82, 2.24) is 15.6 Å². The number of nitriles is 1. The summed E-state index contributed by atoms with van der Waals surface area (Å²) in [5.41, 5.74) is 7.00. The molecule has 4 rings (SSSR count). The summed E-state index contributed by atoms with van der Waals surface area (Å²) >= 11 is 0. The highest BCUT2D eigenvalue weighted by Crippen LogP contribution is 2.28. The molecule has 2 N–H and O–H groups in total. The number of aromatic nitrogens is 1. The largest absolute Gasteiger partial charge is 0.379 e. The third-order valence-electron chi connectivity index (χ3n) is 5.97. The quantitative estimate of drug-likeness (QED) is 0.557. The van der Waals surface area contributed by atoms with E-state index in [1.54, 1.807) is 35.3 Å². The van der Waals surface area contributed by atoms with Crippen molar-refractivity contribution in [1.29, 1.82) is 5.26 Å². The molecule has 9 nitrogen and oxygen atoms in total. The highest BCUT2D eigenvalue weighted by molar-refractivity contribution is 6.05. The first-order valence-corrected chi connectivity index (χ1v) is 11.7. The molecule has 9 heteroatoms. The van der Waals surface area contributed by atoms with E-state index in [0.29, 0.717) is 48.8 Å². The molecule has 1 saturated heterocycles. The number of anilines is 1. The second-order valence-electron chi connectivity index (χ2n) is 9.76. The smallest absolute Gasteiger partial charge is 0.304 e. The molecule has 2 aromatic carbocycles. The minimum Gasteiger partial charge on any atom is -0.379 e. The Morgan fingerprint density at radius 1 is 1.06 bits per heavy atom. The number of nitrogens with one attached hydrogen (secondary N) is 2. The number of hydrogen-bond donors (Lipinski definition) is 2. The van der Waals surface area contributed by atoms with Crippen LogP contribution >= 0.6 is 0 Å². The van der Waals surface area contributed by atoms with Gasteiger partial charge in [0.1, 0.15) is 5.69 Å². The third kappa shape index (κ3) is 5.79. The molecule has 0 unspecified atom stereocenters. The number of aryl methyl sites for hydroxylation is 1. The fourth-order valence-electron chi connectivity index (χ4n) is 3.82. The van der Waals surface area contributed by atoms with E-state index < -0.39 is 0 Å². The molecule has 1 aliphatic heterocycles. The van der Waals surface area contributed by atoms with Gasteiger partial charge in [-0.25, -0.2) is 5.01 Å². The first kappa shape index (κ1) is 25.1. The number of carbonyl (C=O) groups excluding carboxylic acids is 2. The van der Waals surface area contributed by atoms with Crippen molar-refractivity contribution in [3.05, 3.63) is 70.5 Å². The van der Waals surface area contributed by atoms with Crippen LogP contribution in [-0.4, -0.2) is 48.3 Å². The van der Waals surface area contributed by atoms with Crippen LogP contribution in [0.2, 0.25) is 0 Å². The summed E-state index contributed by atoms with van der Waals surface area (Å²) in [6.07, 6.45) is 0. The molecule has 0 saturated carbocycles. The zero-order chi connectivity index (χ0) is 25.9. The van der Waals surface area contributed by atoms with Gasteiger partial charge < -0.3 is 14.6 Å². The van der Waals surface area contributed by atoms with E-state index in [0.717, 1.165) is 16.7 Å². The van der Waals surface area contributed by atoms with E-state index in [1.165, 1.54) is 0 Å². The second kappa shape index (κ2) is 10.3. The number of carbonyl (C=O) groups is 2. The molecule has 2 amide bonds. The van der Waals surface area contributed by atoms with Crippen LogP contribution < -0.4 is 10.7 Å². The molecule has 0 bridgehead atoms. The van der Waals surface area contributed by atoms with Crippen LogP contribution in [0.5, 0.6) is 0 Å². The van der Waals surface area contributed by atoms with Gasteiger partial charge in [0.25, 0.3) is 5.91 Å². The van der Waals surface area contributed by atoms with Crippen molar-refractivity contribution in [2.45, 2.75) is 33.1 Å². The Balaban J connectivity index is 1.53. The van der Waals surface area contributed by atoms with Crippen LogP contribution in [0.25, 0.3) is 11.3 Å². The van der Waals surface area contributed by atoms with Crippen molar-refractivity contribution >= 4 is 17.5 Å². The molecule has 2 heterocycles. The Kier molecular flexibility index (Phi) is 7.20. The van der Waals surface area contributed by atoms with E-state index >= 15 is 0 Å². The summed E-state index contributed by atoms with van der Waals surface area (Å²) in [5.74, 6) is -0.615. The topological polar surface area (TPSA) is 120 Å². The number of amides is 2. The van der Waals surface area contributed by atoms with E-state index in [9.17, 15) is 14.9 Å². The SMILES string of the molecule is Cc1ccc(NC(=O)c2cc(C#N)cc(C(C)(C)C)c2)cc1-c1cc(C(=O)NN2CCOCC2)on1. The lowest BCUT2D eigenvalue weighted by Gasteiger charge is -2.26. The third-order valence-corrected chi connectivity index (χ3v) is 5.97. The number of benzene rings is 2. The van der Waals surface area contributed by atoms with Gasteiger partial charge in [-0.1, -0.05) is 32.0 Å². The molecular weight excluding hydrogens is 458 g/mol. The fourth-order valence-corrected chi connectivity index (χ4v) is 3.82. The summed E-state index contributed by atoms with van der Waals surface area (Å²) in [5, 5.41) is 18.2. The Bertz CT molecular complexity index is 1330. The molecule has 3 aromatic rings. The minimum atomic E-state index is -0.384. The Hall–Kier alpha value is -4.00. The summed E-state index contributed by atoms with van der Waals surface area (Å²) < 4.78 is 10.6. The lowest BCUT2D eigenvalue weighted by atomic mass is 9.85. The highest BCUT2D eigenvalue weighted by atomic mass is 16.5. The van der Waals surface area contributed by atoms with Crippen LogP contribution in [0, 0.1) is 18.3 Å². The molecule has 36 heavy (non-hydrogen) atoms. The summed E-state index contributed by atoms with van der Waals surface area (Å²) in [7, 11) is 0. The lowest BCUT2D eigenvalue weighted by Crippen LogP contribution is -2.48. The zero-order valence-electron chi connectivity index (χ0n) is 20.8. The van der Waals surface area contributed by atoms with Gasteiger partial charge >= 0.3 is 5.91 Å². The Morgan fingerprint density at radius 2 is 1.81 bits per heavy atom. The Labute approximate surface area is 210 Å². The number of morpholine rings is 1. The predicted molar refractivity (Wildman–Crippen MR) is 134 cm³/mol. The van der Waals surface area contributed by atoms with Gasteiger partial charge in [-0.15, -0.1) is 0 Å². The fraction of sp³-hybridized carbons (Fsp3) is 0.333. The molecule has 0 radical (unpaired) electrons. The van der Waals surface area contributed by atoms with Gasteiger partial charge in [-0.2, -0.15) is 5.26 Å². The number of hydrogen-bond acceptors (Lipinski definition) is 7.